The number of aryl methyl sites for hydroxylation is 1. The van der Waals surface area contributed by atoms with Crippen LogP contribution in [0.1, 0.15) is 24.4 Å². The lowest BCUT2D eigenvalue weighted by Gasteiger charge is -2.18. The lowest BCUT2D eigenvalue weighted by molar-refractivity contribution is -0.122. The number of amides is 1. The molecule has 6 heteroatoms. The summed E-state index contributed by atoms with van der Waals surface area (Å²) in [5.74, 6) is 0.172. The number of halogens is 1. The van der Waals surface area contributed by atoms with Crippen molar-refractivity contribution in [3.8, 4) is 0 Å². The van der Waals surface area contributed by atoms with E-state index in [1.54, 1.807) is 29.1 Å². The van der Waals surface area contributed by atoms with Crippen LogP contribution in [0.3, 0.4) is 0 Å². The molecule has 0 bridgehead atoms. The van der Waals surface area contributed by atoms with Crippen molar-refractivity contribution in [1.82, 2.24) is 15.1 Å². The number of carbonyl (C=O) groups is 1. The van der Waals surface area contributed by atoms with Gasteiger partial charge < -0.3 is 10.6 Å². The molecule has 2 aromatic rings. The molecule has 0 spiro atoms. The Kier molecular flexibility index (Phi) is 3.60. The monoisotopic (exact) mass is 288 g/mol. The zero-order chi connectivity index (χ0) is 14.8. The highest BCUT2D eigenvalue weighted by Crippen LogP contribution is 2.23. The maximum atomic E-state index is 13.1. The minimum absolute atomic E-state index is 0.116. The Balaban J connectivity index is 1.82. The van der Waals surface area contributed by atoms with Gasteiger partial charge in [-0.3, -0.25) is 9.48 Å². The molecule has 5 nitrogen and oxygen atoms in total. The summed E-state index contributed by atoms with van der Waals surface area (Å²) in [6, 6.07) is 7.41. The highest BCUT2D eigenvalue weighted by Gasteiger charge is 2.28. The molecule has 0 saturated heterocycles. The standard InChI is InChI=1S/C15H17FN4O/c1-20-9-8-13(19-20)18-14(15(21)17-12-6-7-12)10-2-4-11(16)5-3-10/h2-5,8-9,12,14H,6-7H2,1H3,(H,17,21)(H,18,19). The van der Waals surface area contributed by atoms with Crippen LogP contribution in [0, 0.1) is 5.82 Å². The summed E-state index contributed by atoms with van der Waals surface area (Å²) in [6.45, 7) is 0. The molecule has 1 saturated carbocycles. The topological polar surface area (TPSA) is 59.0 Å². The smallest absolute Gasteiger partial charge is 0.247 e. The Morgan fingerprint density at radius 1 is 1.33 bits per heavy atom. The van der Waals surface area contributed by atoms with Crippen LogP contribution < -0.4 is 10.6 Å². The molecule has 0 radical (unpaired) electrons. The summed E-state index contributed by atoms with van der Waals surface area (Å²) in [5, 5.41) is 10.3. The summed E-state index contributed by atoms with van der Waals surface area (Å²) in [6.07, 6.45) is 3.83. The van der Waals surface area contributed by atoms with Gasteiger partial charge in [0.1, 0.15) is 17.7 Å². The van der Waals surface area contributed by atoms with Gasteiger partial charge in [0.15, 0.2) is 0 Å². The second-order valence-electron chi connectivity index (χ2n) is 5.29. The molecular formula is C15H17FN4O. The van der Waals surface area contributed by atoms with Crippen LogP contribution in [0.5, 0.6) is 0 Å². The maximum absolute atomic E-state index is 13.1. The van der Waals surface area contributed by atoms with Gasteiger partial charge in [-0.25, -0.2) is 4.39 Å². The van der Waals surface area contributed by atoms with Crippen LogP contribution in [0.2, 0.25) is 0 Å². The lowest BCUT2D eigenvalue weighted by Crippen LogP contribution is -2.35. The van der Waals surface area contributed by atoms with Crippen molar-refractivity contribution in [2.45, 2.75) is 24.9 Å². The largest absolute Gasteiger partial charge is 0.353 e. The first kappa shape index (κ1) is 13.6. The molecular weight excluding hydrogens is 271 g/mol. The van der Waals surface area contributed by atoms with Crippen LogP contribution in [0.25, 0.3) is 0 Å². The lowest BCUT2D eigenvalue weighted by atomic mass is 10.1. The van der Waals surface area contributed by atoms with Crippen molar-refractivity contribution in [2.75, 3.05) is 5.32 Å². The Labute approximate surface area is 122 Å². The highest BCUT2D eigenvalue weighted by atomic mass is 19.1. The first-order valence-corrected chi connectivity index (χ1v) is 6.94. The number of hydrogen-bond acceptors (Lipinski definition) is 3. The van der Waals surface area contributed by atoms with Crippen molar-refractivity contribution in [2.24, 2.45) is 7.05 Å². The second-order valence-corrected chi connectivity index (χ2v) is 5.29. The Bertz CT molecular complexity index is 633. The summed E-state index contributed by atoms with van der Waals surface area (Å²) < 4.78 is 14.7. The van der Waals surface area contributed by atoms with Crippen molar-refractivity contribution < 1.29 is 9.18 Å². The Morgan fingerprint density at radius 2 is 2.05 bits per heavy atom. The van der Waals surface area contributed by atoms with Gasteiger partial charge >= 0.3 is 0 Å². The van der Waals surface area contributed by atoms with E-state index in [2.05, 4.69) is 15.7 Å². The van der Waals surface area contributed by atoms with Crippen molar-refractivity contribution in [1.29, 1.82) is 0 Å². The van der Waals surface area contributed by atoms with E-state index >= 15 is 0 Å². The molecule has 1 aromatic heterocycles. The third kappa shape index (κ3) is 3.39. The van der Waals surface area contributed by atoms with E-state index in [4.69, 9.17) is 0 Å². The third-order valence-electron chi connectivity index (χ3n) is 3.40. The van der Waals surface area contributed by atoms with Gasteiger partial charge in [0.25, 0.3) is 0 Å². The molecule has 1 atom stereocenters. The zero-order valence-corrected chi connectivity index (χ0v) is 11.7. The van der Waals surface area contributed by atoms with E-state index in [0.29, 0.717) is 11.4 Å². The van der Waals surface area contributed by atoms with Gasteiger partial charge in [-0.05, 0) is 30.5 Å². The predicted molar refractivity (Wildman–Crippen MR) is 77.1 cm³/mol. The number of anilines is 1. The van der Waals surface area contributed by atoms with E-state index in [1.807, 2.05) is 7.05 Å². The van der Waals surface area contributed by atoms with E-state index in [9.17, 15) is 9.18 Å². The fraction of sp³-hybridized carbons (Fsp3) is 0.333. The second kappa shape index (κ2) is 5.55. The van der Waals surface area contributed by atoms with Gasteiger partial charge in [0.05, 0.1) is 0 Å². The Morgan fingerprint density at radius 3 is 2.62 bits per heavy atom. The van der Waals surface area contributed by atoms with Crippen molar-refractivity contribution >= 4 is 11.7 Å². The number of hydrogen-bond donors (Lipinski definition) is 2. The molecule has 1 fully saturated rings. The predicted octanol–water partition coefficient (Wildman–Crippen LogP) is 1.99. The molecule has 1 unspecified atom stereocenters. The number of nitrogens with zero attached hydrogens (tertiary/aromatic N) is 2. The van der Waals surface area contributed by atoms with Crippen LogP contribution in [0.4, 0.5) is 10.2 Å². The van der Waals surface area contributed by atoms with Crippen LogP contribution in [0.15, 0.2) is 36.5 Å². The van der Waals surface area contributed by atoms with Crippen LogP contribution in [-0.2, 0) is 11.8 Å². The molecule has 1 aliphatic carbocycles. The maximum Gasteiger partial charge on any atom is 0.247 e. The molecule has 110 valence electrons. The number of nitrogens with one attached hydrogen (secondary N) is 2. The first-order chi connectivity index (χ1) is 10.1. The van der Waals surface area contributed by atoms with Crippen molar-refractivity contribution in [3.05, 3.63) is 47.9 Å². The zero-order valence-electron chi connectivity index (χ0n) is 11.7. The van der Waals surface area contributed by atoms with Gasteiger partial charge in [0.2, 0.25) is 5.91 Å². The summed E-state index contributed by atoms with van der Waals surface area (Å²) >= 11 is 0. The molecule has 21 heavy (non-hydrogen) atoms. The number of carbonyl (C=O) groups excluding carboxylic acids is 1. The molecule has 0 aliphatic heterocycles. The van der Waals surface area contributed by atoms with Crippen LogP contribution >= 0.6 is 0 Å². The van der Waals surface area contributed by atoms with Gasteiger partial charge in [-0.15, -0.1) is 0 Å². The van der Waals surface area contributed by atoms with E-state index < -0.39 is 6.04 Å². The quantitative estimate of drug-likeness (QED) is 0.884. The summed E-state index contributed by atoms with van der Waals surface area (Å²) in [5.41, 5.74) is 0.709. The van der Waals surface area contributed by atoms with Gasteiger partial charge in [-0.1, -0.05) is 12.1 Å². The molecule has 2 N–H and O–H groups in total. The van der Waals surface area contributed by atoms with Gasteiger partial charge in [-0.2, -0.15) is 5.10 Å². The molecule has 1 heterocycles. The summed E-state index contributed by atoms with van der Waals surface area (Å²) in [7, 11) is 1.81. The highest BCUT2D eigenvalue weighted by molar-refractivity contribution is 5.86. The summed E-state index contributed by atoms with van der Waals surface area (Å²) in [4.78, 5) is 12.4. The molecule has 1 aliphatic rings. The first-order valence-electron chi connectivity index (χ1n) is 6.94. The fourth-order valence-corrected chi connectivity index (χ4v) is 2.11. The van der Waals surface area contributed by atoms with E-state index in [1.165, 1.54) is 12.1 Å². The van der Waals surface area contributed by atoms with Gasteiger partial charge in [0, 0.05) is 25.4 Å². The molecule has 3 rings (SSSR count). The number of aromatic nitrogens is 2. The average molecular weight is 288 g/mol. The number of rotatable bonds is 5. The molecule has 1 aromatic carbocycles. The minimum Gasteiger partial charge on any atom is -0.353 e. The number of benzene rings is 1. The Hall–Kier alpha value is -2.37. The fourth-order valence-electron chi connectivity index (χ4n) is 2.11. The van der Waals surface area contributed by atoms with Crippen LogP contribution in [-0.4, -0.2) is 21.7 Å². The third-order valence-corrected chi connectivity index (χ3v) is 3.40. The van der Waals surface area contributed by atoms with E-state index in [-0.39, 0.29) is 17.8 Å². The SMILES string of the molecule is Cn1ccc(NC(C(=O)NC2CC2)c2ccc(F)cc2)n1. The van der Waals surface area contributed by atoms with E-state index in [0.717, 1.165) is 12.8 Å². The normalized spacial score (nSPS) is 15.5. The average Bonchev–Trinajstić information content (AvgIpc) is 3.18. The van der Waals surface area contributed by atoms with Crippen molar-refractivity contribution in [3.63, 3.8) is 0 Å². The molecule has 1 amide bonds. The minimum atomic E-state index is -0.582.